The molecule has 1 N–H and O–H groups in total. The Labute approximate surface area is 160 Å². The van der Waals surface area contributed by atoms with E-state index in [1.807, 2.05) is 19.1 Å². The number of rotatable bonds is 3. The molecule has 9 heteroatoms. The van der Waals surface area contributed by atoms with Crippen molar-refractivity contribution >= 4 is 71.3 Å². The monoisotopic (exact) mass is 403 g/mol. The van der Waals surface area contributed by atoms with Crippen molar-refractivity contribution in [2.24, 2.45) is 0 Å². The van der Waals surface area contributed by atoms with Crippen LogP contribution in [0, 0.1) is 17.0 Å². The minimum absolute atomic E-state index is 0.000727. The Morgan fingerprint density at radius 2 is 2.00 bits per heavy atom. The van der Waals surface area contributed by atoms with Crippen molar-refractivity contribution in [3.05, 3.63) is 62.0 Å². The molecule has 0 aliphatic rings. The van der Waals surface area contributed by atoms with E-state index >= 15 is 0 Å². The lowest BCUT2D eigenvalue weighted by Crippen LogP contribution is -2.09. The molecule has 4 rings (SSSR count). The van der Waals surface area contributed by atoms with Gasteiger partial charge in [-0.15, -0.1) is 11.3 Å². The molecule has 4 aromatic rings. The number of hydrogen-bond donors (Lipinski definition) is 1. The van der Waals surface area contributed by atoms with Crippen LogP contribution in [-0.2, 0) is 0 Å². The van der Waals surface area contributed by atoms with Crippen molar-refractivity contribution in [2.45, 2.75) is 6.92 Å². The van der Waals surface area contributed by atoms with Gasteiger partial charge in [0.25, 0.3) is 11.6 Å². The molecule has 0 atom stereocenters. The van der Waals surface area contributed by atoms with E-state index in [1.165, 1.54) is 34.8 Å². The van der Waals surface area contributed by atoms with Gasteiger partial charge in [-0.25, -0.2) is 4.98 Å². The molecule has 130 valence electrons. The zero-order chi connectivity index (χ0) is 18.4. The summed E-state index contributed by atoms with van der Waals surface area (Å²) >= 11 is 8.69. The number of nitro groups is 1. The largest absolute Gasteiger partial charge is 0.297 e. The van der Waals surface area contributed by atoms with Crippen LogP contribution in [-0.4, -0.2) is 15.8 Å². The number of benzene rings is 2. The Hall–Kier alpha value is -2.55. The Morgan fingerprint density at radius 1 is 1.19 bits per heavy atom. The summed E-state index contributed by atoms with van der Waals surface area (Å²) in [7, 11) is 0. The molecular weight excluding hydrogens is 394 g/mol. The third-order valence-electron chi connectivity index (χ3n) is 3.81. The lowest BCUT2D eigenvalue weighted by Gasteiger charge is -1.97. The van der Waals surface area contributed by atoms with Crippen molar-refractivity contribution in [1.29, 1.82) is 0 Å². The Balaban J connectivity index is 1.64. The SMILES string of the molecule is Cc1cc(Cl)cc2sc(NC(=O)c3cc4cc([N+](=O)[O-])ccc4s3)nc12. The lowest BCUT2D eigenvalue weighted by molar-refractivity contribution is -0.384. The normalized spacial score (nSPS) is 11.2. The van der Waals surface area contributed by atoms with Gasteiger partial charge >= 0.3 is 0 Å². The molecule has 0 spiro atoms. The smallest absolute Gasteiger partial charge is 0.270 e. The molecule has 2 aromatic carbocycles. The molecule has 6 nitrogen and oxygen atoms in total. The van der Waals surface area contributed by atoms with Crippen LogP contribution in [0.4, 0.5) is 10.8 Å². The fourth-order valence-electron chi connectivity index (χ4n) is 2.62. The summed E-state index contributed by atoms with van der Waals surface area (Å²) in [5, 5.41) is 15.5. The van der Waals surface area contributed by atoms with Crippen LogP contribution in [0.3, 0.4) is 0 Å². The number of fused-ring (bicyclic) bond motifs is 2. The van der Waals surface area contributed by atoms with Gasteiger partial charge in [0.05, 0.1) is 20.0 Å². The highest BCUT2D eigenvalue weighted by molar-refractivity contribution is 7.23. The summed E-state index contributed by atoms with van der Waals surface area (Å²) in [6.45, 7) is 1.92. The molecule has 0 aliphatic heterocycles. The Kier molecular flexibility index (Phi) is 4.10. The first-order valence-electron chi connectivity index (χ1n) is 7.47. The molecule has 2 aromatic heterocycles. The van der Waals surface area contributed by atoms with Gasteiger partial charge < -0.3 is 0 Å². The number of amides is 1. The van der Waals surface area contributed by atoms with Gasteiger partial charge in [0.1, 0.15) is 0 Å². The molecular formula is C17H10ClN3O3S2. The van der Waals surface area contributed by atoms with Crippen LogP contribution in [0.15, 0.2) is 36.4 Å². The molecule has 0 radical (unpaired) electrons. The number of carbonyl (C=O) groups excluding carboxylic acids is 1. The number of non-ortho nitro benzene ring substituents is 1. The zero-order valence-corrected chi connectivity index (χ0v) is 15.7. The van der Waals surface area contributed by atoms with Crippen LogP contribution >= 0.6 is 34.3 Å². The number of anilines is 1. The summed E-state index contributed by atoms with van der Waals surface area (Å²) in [6, 6.07) is 9.84. The Morgan fingerprint density at radius 3 is 2.77 bits per heavy atom. The maximum atomic E-state index is 12.5. The van der Waals surface area contributed by atoms with Crippen molar-refractivity contribution in [1.82, 2.24) is 4.98 Å². The second-order valence-corrected chi connectivity index (χ2v) is 8.18. The highest BCUT2D eigenvalue weighted by atomic mass is 35.5. The van der Waals surface area contributed by atoms with Crippen LogP contribution in [0.1, 0.15) is 15.2 Å². The quantitative estimate of drug-likeness (QED) is 0.354. The van der Waals surface area contributed by atoms with Gasteiger partial charge in [0.15, 0.2) is 5.13 Å². The predicted molar refractivity (Wildman–Crippen MR) is 106 cm³/mol. The molecule has 0 unspecified atom stereocenters. The summed E-state index contributed by atoms with van der Waals surface area (Å²) in [6.07, 6.45) is 0. The molecule has 0 bridgehead atoms. The first kappa shape index (κ1) is 16.9. The van der Waals surface area contributed by atoms with E-state index in [0.29, 0.717) is 20.4 Å². The highest BCUT2D eigenvalue weighted by Crippen LogP contribution is 2.33. The summed E-state index contributed by atoms with van der Waals surface area (Å²) < 4.78 is 1.71. The van der Waals surface area contributed by atoms with Gasteiger partial charge in [-0.2, -0.15) is 0 Å². The average Bonchev–Trinajstić information content (AvgIpc) is 3.17. The number of nitrogens with one attached hydrogen (secondary N) is 1. The number of nitro benzene ring substituents is 1. The molecule has 0 saturated heterocycles. The van der Waals surface area contributed by atoms with Crippen LogP contribution in [0.25, 0.3) is 20.3 Å². The van der Waals surface area contributed by atoms with Crippen molar-refractivity contribution in [2.75, 3.05) is 5.32 Å². The standard InChI is InChI=1S/C17H10ClN3O3S2/c1-8-4-10(18)7-13-15(8)19-17(26-13)20-16(22)14-6-9-5-11(21(23)24)2-3-12(9)25-14/h2-7H,1H3,(H,19,20,22). The van der Waals surface area contributed by atoms with E-state index < -0.39 is 4.92 Å². The van der Waals surface area contributed by atoms with Crippen molar-refractivity contribution < 1.29 is 9.72 Å². The minimum atomic E-state index is -0.453. The molecule has 1 amide bonds. The fraction of sp³-hybridized carbons (Fsp3) is 0.0588. The van der Waals surface area contributed by atoms with Crippen LogP contribution in [0.5, 0.6) is 0 Å². The summed E-state index contributed by atoms with van der Waals surface area (Å²) in [5.41, 5.74) is 1.75. The number of thiazole rings is 1. The number of hydrogen-bond acceptors (Lipinski definition) is 6. The molecule has 0 fully saturated rings. The minimum Gasteiger partial charge on any atom is -0.297 e. The third kappa shape index (κ3) is 3.03. The van der Waals surface area contributed by atoms with Crippen molar-refractivity contribution in [3.63, 3.8) is 0 Å². The number of nitrogens with zero attached hydrogens (tertiary/aromatic N) is 2. The van der Waals surface area contributed by atoms with E-state index in [0.717, 1.165) is 20.5 Å². The average molecular weight is 404 g/mol. The molecule has 0 saturated carbocycles. The number of thiophene rings is 1. The van der Waals surface area contributed by atoms with Crippen molar-refractivity contribution in [3.8, 4) is 0 Å². The predicted octanol–water partition coefficient (Wildman–Crippen LogP) is 5.63. The third-order valence-corrected chi connectivity index (χ3v) is 6.06. The molecule has 26 heavy (non-hydrogen) atoms. The number of aromatic nitrogens is 1. The number of aryl methyl sites for hydroxylation is 1. The van der Waals surface area contributed by atoms with E-state index in [1.54, 1.807) is 12.1 Å². The van der Waals surface area contributed by atoms with Crippen LogP contribution < -0.4 is 5.32 Å². The first-order valence-corrected chi connectivity index (χ1v) is 9.48. The van der Waals surface area contributed by atoms with Gasteiger partial charge in [-0.1, -0.05) is 22.9 Å². The second-order valence-electron chi connectivity index (χ2n) is 5.63. The van der Waals surface area contributed by atoms with E-state index in [2.05, 4.69) is 10.3 Å². The van der Waals surface area contributed by atoms with E-state index in [-0.39, 0.29) is 11.6 Å². The maximum Gasteiger partial charge on any atom is 0.270 e. The maximum absolute atomic E-state index is 12.5. The van der Waals surface area contributed by atoms with Gasteiger partial charge in [0, 0.05) is 27.2 Å². The van der Waals surface area contributed by atoms with Gasteiger partial charge in [-0.05, 0) is 36.8 Å². The lowest BCUT2D eigenvalue weighted by atomic mass is 10.2. The molecule has 0 aliphatic carbocycles. The van der Waals surface area contributed by atoms with Crippen LogP contribution in [0.2, 0.25) is 5.02 Å². The van der Waals surface area contributed by atoms with E-state index in [9.17, 15) is 14.9 Å². The summed E-state index contributed by atoms with van der Waals surface area (Å²) in [5.74, 6) is -0.295. The second kappa shape index (κ2) is 6.31. The fourth-order valence-corrected chi connectivity index (χ4v) is 4.88. The highest BCUT2D eigenvalue weighted by Gasteiger charge is 2.15. The Bertz CT molecular complexity index is 1200. The molecule has 2 heterocycles. The topological polar surface area (TPSA) is 85.1 Å². The summed E-state index contributed by atoms with van der Waals surface area (Å²) in [4.78, 5) is 27.9. The van der Waals surface area contributed by atoms with Gasteiger partial charge in [-0.3, -0.25) is 20.2 Å². The number of carbonyl (C=O) groups is 1. The van der Waals surface area contributed by atoms with Gasteiger partial charge in [0.2, 0.25) is 0 Å². The zero-order valence-electron chi connectivity index (χ0n) is 13.3. The van der Waals surface area contributed by atoms with E-state index in [4.69, 9.17) is 11.6 Å². The first-order chi connectivity index (χ1) is 12.4. The number of halogens is 1.